The van der Waals surface area contributed by atoms with E-state index in [0.29, 0.717) is 19.3 Å². The molecule has 0 aromatic rings. The van der Waals surface area contributed by atoms with Crippen LogP contribution in [-0.2, 0) is 14.3 Å². The number of ether oxygens (including phenoxy) is 2. The number of aliphatic hydroxyl groups excluding tert-OH is 7. The summed E-state index contributed by atoms with van der Waals surface area (Å²) in [5.74, 6) is -0.688. The third-order valence-corrected chi connectivity index (χ3v) is 16.4. The Hall–Kier alpha value is -0.890. The summed E-state index contributed by atoms with van der Waals surface area (Å²) in [5, 5.41) is 76.4. The molecule has 11 heteroatoms. The van der Waals surface area contributed by atoms with Gasteiger partial charge in [-0.3, -0.25) is 4.79 Å². The summed E-state index contributed by atoms with van der Waals surface area (Å²) >= 11 is 0. The van der Waals surface area contributed by atoms with Crippen LogP contribution in [0.2, 0.25) is 0 Å². The van der Waals surface area contributed by atoms with E-state index in [1.165, 1.54) is 257 Å². The van der Waals surface area contributed by atoms with Crippen molar-refractivity contribution in [2.45, 2.75) is 390 Å². The highest BCUT2D eigenvalue weighted by molar-refractivity contribution is 5.80. The first-order chi connectivity index (χ1) is 36.7. The number of carbonyl (C=O) groups excluding carboxylic acids is 1. The van der Waals surface area contributed by atoms with E-state index in [4.69, 9.17) is 9.47 Å². The van der Waals surface area contributed by atoms with Gasteiger partial charge in [0.05, 0.1) is 25.4 Å². The smallest absolute Gasteiger partial charge is 0.249 e. The Bertz CT molecular complexity index is 1180. The molecule has 1 aliphatic rings. The first kappa shape index (κ1) is 72.1. The minimum Gasteiger partial charge on any atom is -0.394 e. The van der Waals surface area contributed by atoms with Crippen LogP contribution in [0.25, 0.3) is 0 Å². The molecule has 0 spiro atoms. The van der Waals surface area contributed by atoms with Crippen LogP contribution in [0.3, 0.4) is 0 Å². The van der Waals surface area contributed by atoms with Crippen molar-refractivity contribution in [3.8, 4) is 0 Å². The Labute approximate surface area is 462 Å². The van der Waals surface area contributed by atoms with Gasteiger partial charge in [0, 0.05) is 0 Å². The van der Waals surface area contributed by atoms with Crippen molar-refractivity contribution in [2.24, 2.45) is 0 Å². The second kappa shape index (κ2) is 53.7. The molecule has 448 valence electrons. The predicted molar refractivity (Wildman–Crippen MR) is 312 cm³/mol. The van der Waals surface area contributed by atoms with Crippen molar-refractivity contribution in [1.82, 2.24) is 5.32 Å². The van der Waals surface area contributed by atoms with Gasteiger partial charge < -0.3 is 50.5 Å². The molecular weight excluding hydrogens is 943 g/mol. The molecule has 1 heterocycles. The largest absolute Gasteiger partial charge is 0.394 e. The maximum atomic E-state index is 13.2. The monoisotopic (exact) mass is 1070 g/mol. The molecule has 1 rings (SSSR count). The van der Waals surface area contributed by atoms with Crippen LogP contribution in [0.1, 0.15) is 335 Å². The van der Waals surface area contributed by atoms with E-state index < -0.39 is 74.2 Å². The third-order valence-electron chi connectivity index (χ3n) is 16.4. The second-order valence-corrected chi connectivity index (χ2v) is 23.6. The molecule has 0 aromatic carbocycles. The third kappa shape index (κ3) is 41.7. The summed E-state index contributed by atoms with van der Waals surface area (Å²) in [7, 11) is 0. The lowest BCUT2D eigenvalue weighted by Crippen LogP contribution is -2.60. The quantitative estimate of drug-likeness (QED) is 0.0272. The molecule has 0 saturated carbocycles. The molecule has 0 radical (unpaired) electrons. The molecule has 75 heavy (non-hydrogen) atoms. The Morgan fingerprint density at radius 1 is 0.413 bits per heavy atom. The van der Waals surface area contributed by atoms with Gasteiger partial charge in [0.15, 0.2) is 6.29 Å². The van der Waals surface area contributed by atoms with Crippen molar-refractivity contribution >= 4 is 5.91 Å². The zero-order chi connectivity index (χ0) is 54.7. The predicted octanol–water partition coefficient (Wildman–Crippen LogP) is 14.9. The summed E-state index contributed by atoms with van der Waals surface area (Å²) < 4.78 is 11.2. The van der Waals surface area contributed by atoms with Crippen LogP contribution in [0, 0.1) is 0 Å². The lowest BCUT2D eigenvalue weighted by atomic mass is 9.98. The molecule has 0 aromatic heterocycles. The highest BCUT2D eigenvalue weighted by Gasteiger charge is 2.44. The van der Waals surface area contributed by atoms with Crippen LogP contribution < -0.4 is 5.32 Å². The van der Waals surface area contributed by atoms with E-state index in [9.17, 15) is 40.5 Å². The van der Waals surface area contributed by atoms with Crippen LogP contribution in [0.15, 0.2) is 0 Å². The average Bonchev–Trinajstić information content (AvgIpc) is 3.41. The number of unbranched alkanes of at least 4 members (excludes halogenated alkanes) is 46. The van der Waals surface area contributed by atoms with Gasteiger partial charge in [0.1, 0.15) is 36.6 Å². The summed E-state index contributed by atoms with van der Waals surface area (Å²) in [6, 6.07) is -1.16. The van der Waals surface area contributed by atoms with Crippen molar-refractivity contribution in [1.29, 1.82) is 0 Å². The van der Waals surface area contributed by atoms with Gasteiger partial charge in [-0.15, -0.1) is 0 Å². The molecule has 1 fully saturated rings. The van der Waals surface area contributed by atoms with Gasteiger partial charge in [0.25, 0.3) is 0 Å². The Balaban J connectivity index is 2.20. The van der Waals surface area contributed by atoms with Gasteiger partial charge in [-0.1, -0.05) is 322 Å². The minimum absolute atomic E-state index is 0.267. The van der Waals surface area contributed by atoms with E-state index in [-0.39, 0.29) is 6.42 Å². The van der Waals surface area contributed by atoms with Crippen molar-refractivity contribution in [2.75, 3.05) is 13.2 Å². The Morgan fingerprint density at radius 3 is 0.987 bits per heavy atom. The highest BCUT2D eigenvalue weighted by atomic mass is 16.7. The number of nitrogens with one attached hydrogen (secondary N) is 1. The molecule has 9 unspecified atom stereocenters. The van der Waals surface area contributed by atoms with E-state index in [1.54, 1.807) is 0 Å². The fraction of sp³-hybridized carbons (Fsp3) is 0.984. The van der Waals surface area contributed by atoms with Gasteiger partial charge in [-0.05, 0) is 12.8 Å². The number of aliphatic hydroxyl groups is 7. The molecule has 8 N–H and O–H groups in total. The van der Waals surface area contributed by atoms with Gasteiger partial charge in [-0.25, -0.2) is 0 Å². The average molecular weight is 1070 g/mol. The Morgan fingerprint density at radius 2 is 0.693 bits per heavy atom. The van der Waals surface area contributed by atoms with Crippen molar-refractivity contribution in [3.63, 3.8) is 0 Å². The zero-order valence-electron chi connectivity index (χ0n) is 49.3. The molecule has 11 nitrogen and oxygen atoms in total. The van der Waals surface area contributed by atoms with Crippen molar-refractivity contribution in [3.05, 3.63) is 0 Å². The van der Waals surface area contributed by atoms with E-state index in [0.717, 1.165) is 38.5 Å². The summed E-state index contributed by atoms with van der Waals surface area (Å²) in [4.78, 5) is 13.2. The van der Waals surface area contributed by atoms with Crippen LogP contribution in [-0.4, -0.2) is 110 Å². The minimum atomic E-state index is -1.66. The van der Waals surface area contributed by atoms with E-state index >= 15 is 0 Å². The number of rotatable bonds is 58. The molecular formula is C64H127NO10. The SMILES string of the molecule is CCCCCCCCCCCCCCCCCCCCCCCCCCCCCCCC(O)C(=O)NC(COC1OC(CO)C(O)C(O)C1O)C(O)C(O)CCCCCCCCCCCCCCCCCCCCC. The van der Waals surface area contributed by atoms with Crippen LogP contribution in [0.5, 0.6) is 0 Å². The lowest BCUT2D eigenvalue weighted by Gasteiger charge is -2.40. The molecule has 9 atom stereocenters. The maximum Gasteiger partial charge on any atom is 0.249 e. The molecule has 1 amide bonds. The normalized spacial score (nSPS) is 19.6. The van der Waals surface area contributed by atoms with Crippen LogP contribution >= 0.6 is 0 Å². The standard InChI is InChI=1S/C64H127NO10/c1-3-5-7-9-11-13-15-17-19-21-23-24-25-26-27-28-29-30-31-32-34-36-38-40-42-44-46-48-50-52-57(68)63(73)65-55(54-74-64-62(72)61(71)60(70)58(53-66)75-64)59(69)56(67)51-49-47-45-43-41-39-37-35-33-22-20-18-16-14-12-10-8-6-4-2/h55-62,64,66-72H,3-54H2,1-2H3,(H,65,73). The second-order valence-electron chi connectivity index (χ2n) is 23.6. The number of hydrogen-bond acceptors (Lipinski definition) is 10. The molecule has 1 saturated heterocycles. The summed E-state index contributed by atoms with van der Waals surface area (Å²) in [6.45, 7) is 3.52. The molecule has 0 aliphatic carbocycles. The topological polar surface area (TPSA) is 189 Å². The van der Waals surface area contributed by atoms with E-state index in [2.05, 4.69) is 19.2 Å². The lowest BCUT2D eigenvalue weighted by molar-refractivity contribution is -0.303. The zero-order valence-corrected chi connectivity index (χ0v) is 49.3. The maximum absolute atomic E-state index is 13.2. The van der Waals surface area contributed by atoms with E-state index in [1.807, 2.05) is 0 Å². The fourth-order valence-electron chi connectivity index (χ4n) is 11.1. The molecule has 0 bridgehead atoms. The Kier molecular flexibility index (Phi) is 51.7. The van der Waals surface area contributed by atoms with Gasteiger partial charge in [0.2, 0.25) is 5.91 Å². The summed E-state index contributed by atoms with van der Waals surface area (Å²) in [5.41, 5.74) is 0. The summed E-state index contributed by atoms with van der Waals surface area (Å²) in [6.07, 6.45) is 51.7. The number of carbonyl (C=O) groups is 1. The fourth-order valence-corrected chi connectivity index (χ4v) is 11.1. The van der Waals surface area contributed by atoms with Crippen molar-refractivity contribution < 1.29 is 50.0 Å². The first-order valence-electron chi connectivity index (χ1n) is 32.9. The van der Waals surface area contributed by atoms with Crippen LogP contribution in [0.4, 0.5) is 0 Å². The first-order valence-corrected chi connectivity index (χ1v) is 32.9. The van der Waals surface area contributed by atoms with Gasteiger partial charge in [-0.2, -0.15) is 0 Å². The highest BCUT2D eigenvalue weighted by Crippen LogP contribution is 2.24. The number of hydrogen-bond donors (Lipinski definition) is 8. The van der Waals surface area contributed by atoms with Gasteiger partial charge >= 0.3 is 0 Å². The number of amides is 1. The molecule has 1 aliphatic heterocycles.